The van der Waals surface area contributed by atoms with E-state index in [0.717, 1.165) is 47.5 Å². The van der Waals surface area contributed by atoms with Gasteiger partial charge in [-0.3, -0.25) is 9.36 Å². The summed E-state index contributed by atoms with van der Waals surface area (Å²) in [4.78, 5) is 32.0. The van der Waals surface area contributed by atoms with Crippen molar-refractivity contribution >= 4 is 57.5 Å². The number of hydrogen-bond acceptors (Lipinski definition) is 6. The predicted octanol–water partition coefficient (Wildman–Crippen LogP) is 5.92. The first-order chi connectivity index (χ1) is 15.1. The third kappa shape index (κ3) is 3.71. The van der Waals surface area contributed by atoms with E-state index >= 15 is 0 Å². The van der Waals surface area contributed by atoms with Crippen LogP contribution in [0, 0.1) is 0 Å². The maximum absolute atomic E-state index is 13.4. The van der Waals surface area contributed by atoms with Gasteiger partial charge in [-0.15, -0.1) is 34.0 Å². The zero-order valence-corrected chi connectivity index (χ0v) is 18.9. The fourth-order valence-electron chi connectivity index (χ4n) is 3.92. The normalized spacial score (nSPS) is 13.9. The number of carboxylic acids is 1. The third-order valence-electron chi connectivity index (χ3n) is 5.30. The molecule has 4 aromatic rings. The van der Waals surface area contributed by atoms with Crippen molar-refractivity contribution in [3.63, 3.8) is 0 Å². The fraction of sp³-hybridized carbons (Fsp3) is 0.174. The fourth-order valence-corrected chi connectivity index (χ4v) is 6.08. The number of aromatic nitrogens is 2. The molecule has 5 nitrogen and oxygen atoms in total. The minimum atomic E-state index is -0.954. The van der Waals surface area contributed by atoms with Gasteiger partial charge < -0.3 is 5.11 Å². The van der Waals surface area contributed by atoms with E-state index in [9.17, 15) is 14.7 Å². The van der Waals surface area contributed by atoms with Crippen molar-refractivity contribution in [3.8, 4) is 0 Å². The highest BCUT2D eigenvalue weighted by atomic mass is 32.1. The predicted molar refractivity (Wildman–Crippen MR) is 125 cm³/mol. The van der Waals surface area contributed by atoms with Crippen LogP contribution in [-0.4, -0.2) is 26.5 Å². The molecule has 5 rings (SSSR count). The summed E-state index contributed by atoms with van der Waals surface area (Å²) < 4.78 is 1.74. The van der Waals surface area contributed by atoms with E-state index in [1.54, 1.807) is 9.95 Å². The van der Waals surface area contributed by atoms with Crippen molar-refractivity contribution in [1.29, 1.82) is 0 Å². The van der Waals surface area contributed by atoms with Crippen LogP contribution < -0.4 is 0 Å². The van der Waals surface area contributed by atoms with Gasteiger partial charge in [-0.05, 0) is 66.1 Å². The largest absolute Gasteiger partial charge is 0.477 e. The number of fused-ring (bicyclic) bond motifs is 1. The zero-order chi connectivity index (χ0) is 21.4. The van der Waals surface area contributed by atoms with Crippen LogP contribution in [0.2, 0.25) is 0 Å². The molecule has 1 N–H and O–H groups in total. The Bertz CT molecular complexity index is 1280. The molecule has 1 aliphatic rings. The highest BCUT2D eigenvalue weighted by Crippen LogP contribution is 2.35. The lowest BCUT2D eigenvalue weighted by Gasteiger charge is -2.13. The molecule has 8 heteroatoms. The molecule has 31 heavy (non-hydrogen) atoms. The molecule has 0 atom stereocenters. The van der Waals surface area contributed by atoms with Crippen LogP contribution in [0.15, 0.2) is 46.5 Å². The lowest BCUT2D eigenvalue weighted by Crippen LogP contribution is -2.17. The van der Waals surface area contributed by atoms with Crippen molar-refractivity contribution in [2.75, 3.05) is 0 Å². The molecule has 0 saturated carbocycles. The minimum absolute atomic E-state index is 0.0776. The second kappa shape index (κ2) is 8.37. The molecule has 0 spiro atoms. The van der Waals surface area contributed by atoms with Crippen LogP contribution in [-0.2, 0) is 12.8 Å². The van der Waals surface area contributed by atoms with Gasteiger partial charge >= 0.3 is 5.97 Å². The summed E-state index contributed by atoms with van der Waals surface area (Å²) in [6.07, 6.45) is 5.65. The van der Waals surface area contributed by atoms with Crippen LogP contribution >= 0.6 is 34.0 Å². The molecule has 0 fully saturated rings. The van der Waals surface area contributed by atoms with Crippen molar-refractivity contribution in [3.05, 3.63) is 83.9 Å². The molecule has 1 aliphatic carbocycles. The first-order valence-corrected chi connectivity index (χ1v) is 12.5. The maximum atomic E-state index is 13.4. The first kappa shape index (κ1) is 20.1. The third-order valence-corrected chi connectivity index (χ3v) is 7.97. The Labute approximate surface area is 191 Å². The van der Waals surface area contributed by atoms with Crippen LogP contribution in [0.5, 0.6) is 0 Å². The van der Waals surface area contributed by atoms with E-state index in [1.165, 1.54) is 34.0 Å². The lowest BCUT2D eigenvalue weighted by molar-refractivity contribution is 0.0701. The van der Waals surface area contributed by atoms with Crippen molar-refractivity contribution in [2.24, 2.45) is 0 Å². The van der Waals surface area contributed by atoms with Gasteiger partial charge in [0.15, 0.2) is 0 Å². The van der Waals surface area contributed by atoms with Gasteiger partial charge in [-0.25, -0.2) is 9.78 Å². The second-order valence-corrected chi connectivity index (χ2v) is 10.0. The quantitative estimate of drug-likeness (QED) is 0.396. The summed E-state index contributed by atoms with van der Waals surface area (Å²) >= 11 is 4.16. The molecule has 0 aliphatic heterocycles. The van der Waals surface area contributed by atoms with Gasteiger partial charge in [-0.2, -0.15) is 0 Å². The molecule has 156 valence electrons. The van der Waals surface area contributed by atoms with Crippen molar-refractivity contribution in [2.45, 2.75) is 25.7 Å². The van der Waals surface area contributed by atoms with E-state index < -0.39 is 5.97 Å². The topological polar surface area (TPSA) is 72.2 Å². The van der Waals surface area contributed by atoms with Gasteiger partial charge in [0.25, 0.3) is 5.91 Å². The SMILES string of the molecule is O=C(O)c1sccc1C(=Cc1nc2c(n1C(=O)c1cccs1)CCCC2)c1cccs1. The summed E-state index contributed by atoms with van der Waals surface area (Å²) in [7, 11) is 0. The molecule has 0 amide bonds. The Morgan fingerprint density at radius 3 is 2.42 bits per heavy atom. The standard InChI is InChI=1S/C23H18N2O3S3/c26-22(19-8-4-11-30-19)25-17-6-2-1-5-16(17)24-20(25)13-15(18-7-3-10-29-18)14-9-12-31-21(14)23(27)28/h3-4,7-13H,1-2,5-6H2,(H,27,28). The Hall–Kier alpha value is -2.81. The zero-order valence-electron chi connectivity index (χ0n) is 16.4. The smallest absolute Gasteiger partial charge is 0.346 e. The maximum Gasteiger partial charge on any atom is 0.346 e. The van der Waals surface area contributed by atoms with E-state index in [1.807, 2.05) is 47.2 Å². The summed E-state index contributed by atoms with van der Waals surface area (Å²) in [6.45, 7) is 0. The number of thiophene rings is 3. The van der Waals surface area contributed by atoms with Gasteiger partial charge in [0, 0.05) is 21.7 Å². The molecule has 0 radical (unpaired) electrons. The number of nitrogens with zero attached hydrogens (tertiary/aromatic N) is 2. The highest BCUT2D eigenvalue weighted by Gasteiger charge is 2.26. The number of carbonyl (C=O) groups excluding carboxylic acids is 1. The molecular formula is C23H18N2O3S3. The van der Waals surface area contributed by atoms with Gasteiger partial charge in [0.2, 0.25) is 0 Å². The molecule has 0 unspecified atom stereocenters. The van der Waals surface area contributed by atoms with E-state index in [0.29, 0.717) is 16.3 Å². The van der Waals surface area contributed by atoms with Crippen molar-refractivity contribution in [1.82, 2.24) is 9.55 Å². The summed E-state index contributed by atoms with van der Waals surface area (Å²) in [5.41, 5.74) is 3.37. The number of carboxylic acid groups (broad SMARTS) is 1. The molecule has 4 heterocycles. The number of rotatable bonds is 5. The molecular weight excluding hydrogens is 448 g/mol. The average molecular weight is 467 g/mol. The summed E-state index contributed by atoms with van der Waals surface area (Å²) in [6, 6.07) is 9.44. The lowest BCUT2D eigenvalue weighted by atomic mass is 10.0. The number of aryl methyl sites for hydroxylation is 1. The monoisotopic (exact) mass is 466 g/mol. The Kier molecular flexibility index (Phi) is 5.43. The second-order valence-electron chi connectivity index (χ2n) is 7.19. The highest BCUT2D eigenvalue weighted by molar-refractivity contribution is 7.13. The molecule has 0 bridgehead atoms. The first-order valence-electron chi connectivity index (χ1n) is 9.89. The number of imidazole rings is 1. The number of aromatic carboxylic acids is 1. The van der Waals surface area contributed by atoms with Crippen molar-refractivity contribution < 1.29 is 14.7 Å². The van der Waals surface area contributed by atoms with E-state index in [4.69, 9.17) is 4.98 Å². The van der Waals surface area contributed by atoms with Gasteiger partial charge in [0.05, 0.1) is 10.6 Å². The number of carbonyl (C=O) groups is 2. The van der Waals surface area contributed by atoms with E-state index in [-0.39, 0.29) is 10.8 Å². The Morgan fingerprint density at radius 1 is 0.968 bits per heavy atom. The average Bonchev–Trinajstić information content (AvgIpc) is 3.57. The van der Waals surface area contributed by atoms with Crippen LogP contribution in [0.1, 0.15) is 59.8 Å². The molecule has 4 aromatic heterocycles. The summed E-state index contributed by atoms with van der Waals surface area (Å²) in [5.74, 6) is -0.466. The van der Waals surface area contributed by atoms with E-state index in [2.05, 4.69) is 0 Å². The number of hydrogen-bond donors (Lipinski definition) is 1. The Balaban J connectivity index is 1.72. The molecule has 0 aromatic carbocycles. The van der Waals surface area contributed by atoms with Crippen LogP contribution in [0.25, 0.3) is 11.6 Å². The van der Waals surface area contributed by atoms with Gasteiger partial charge in [-0.1, -0.05) is 12.1 Å². The minimum Gasteiger partial charge on any atom is -0.477 e. The Morgan fingerprint density at radius 2 is 1.71 bits per heavy atom. The summed E-state index contributed by atoms with van der Waals surface area (Å²) in [5, 5.41) is 15.3. The van der Waals surface area contributed by atoms with Gasteiger partial charge in [0.1, 0.15) is 10.7 Å². The molecule has 0 saturated heterocycles. The van der Waals surface area contributed by atoms with Crippen LogP contribution in [0.3, 0.4) is 0 Å². The van der Waals surface area contributed by atoms with Crippen LogP contribution in [0.4, 0.5) is 0 Å².